The van der Waals surface area contributed by atoms with Gasteiger partial charge in [0.25, 0.3) is 0 Å². The molecule has 0 spiro atoms. The van der Waals surface area contributed by atoms with Crippen molar-refractivity contribution in [2.45, 2.75) is 25.2 Å². The molecule has 0 atom stereocenters. The van der Waals surface area contributed by atoms with Gasteiger partial charge in [-0.15, -0.1) is 11.8 Å². The second kappa shape index (κ2) is 5.18. The third-order valence-corrected chi connectivity index (χ3v) is 3.48. The van der Waals surface area contributed by atoms with Gasteiger partial charge in [-0.1, -0.05) is 6.92 Å². The van der Waals surface area contributed by atoms with Gasteiger partial charge in [-0.2, -0.15) is 9.78 Å². The molecule has 2 N–H and O–H groups in total. The topological polar surface area (TPSA) is 69.6 Å². The van der Waals surface area contributed by atoms with E-state index in [4.69, 9.17) is 5.73 Å². The zero-order valence-electron chi connectivity index (χ0n) is 9.92. The van der Waals surface area contributed by atoms with Gasteiger partial charge in [0.15, 0.2) is 5.82 Å². The summed E-state index contributed by atoms with van der Waals surface area (Å²) in [5.74, 6) is 2.39. The van der Waals surface area contributed by atoms with Crippen molar-refractivity contribution in [3.8, 4) is 5.82 Å². The molecule has 0 unspecified atom stereocenters. The SMILES string of the molecule is CCCSc1cnn(-c2cc(C)ncn2)c1N. The number of nitrogens with two attached hydrogens (primary N) is 1. The Morgan fingerprint density at radius 2 is 2.24 bits per heavy atom. The molecule has 2 aromatic rings. The van der Waals surface area contributed by atoms with Crippen molar-refractivity contribution in [1.82, 2.24) is 19.7 Å². The molecule has 0 amide bonds. The van der Waals surface area contributed by atoms with E-state index in [9.17, 15) is 0 Å². The first-order valence-electron chi connectivity index (χ1n) is 5.47. The Morgan fingerprint density at radius 3 is 2.94 bits per heavy atom. The van der Waals surface area contributed by atoms with Crippen LogP contribution in [0.2, 0.25) is 0 Å². The molecule has 0 radical (unpaired) electrons. The van der Waals surface area contributed by atoms with Crippen molar-refractivity contribution in [3.63, 3.8) is 0 Å². The number of anilines is 1. The second-order valence-corrected chi connectivity index (χ2v) is 4.81. The minimum absolute atomic E-state index is 0.640. The molecule has 0 aromatic carbocycles. The maximum Gasteiger partial charge on any atom is 0.159 e. The number of rotatable bonds is 4. The molecule has 2 rings (SSSR count). The van der Waals surface area contributed by atoms with Crippen molar-refractivity contribution in [3.05, 3.63) is 24.3 Å². The van der Waals surface area contributed by atoms with Gasteiger partial charge in [-0.3, -0.25) is 0 Å². The van der Waals surface area contributed by atoms with E-state index >= 15 is 0 Å². The van der Waals surface area contributed by atoms with E-state index in [1.807, 2.05) is 13.0 Å². The standard InChI is InChI=1S/C11H15N5S/c1-3-4-17-9-6-15-16(11(9)12)10-5-8(2)13-7-14-10/h5-7H,3-4,12H2,1-2H3. The molecule has 17 heavy (non-hydrogen) atoms. The minimum atomic E-state index is 0.640. The van der Waals surface area contributed by atoms with Crippen LogP contribution in [0.3, 0.4) is 0 Å². The number of nitrogens with zero attached hydrogens (tertiary/aromatic N) is 4. The third-order valence-electron chi connectivity index (χ3n) is 2.24. The highest BCUT2D eigenvalue weighted by atomic mass is 32.2. The smallest absolute Gasteiger partial charge is 0.159 e. The molecule has 0 saturated heterocycles. The van der Waals surface area contributed by atoms with Gasteiger partial charge in [0.1, 0.15) is 12.1 Å². The van der Waals surface area contributed by atoms with Crippen LogP contribution in [-0.4, -0.2) is 25.5 Å². The molecule has 0 aliphatic heterocycles. The fourth-order valence-corrected chi connectivity index (χ4v) is 2.19. The first-order valence-corrected chi connectivity index (χ1v) is 6.46. The molecule has 0 saturated carbocycles. The van der Waals surface area contributed by atoms with E-state index in [1.165, 1.54) is 6.33 Å². The van der Waals surface area contributed by atoms with E-state index in [0.717, 1.165) is 22.8 Å². The maximum atomic E-state index is 6.05. The number of hydrogen-bond donors (Lipinski definition) is 1. The molecule has 6 heteroatoms. The Hall–Kier alpha value is -1.56. The molecule has 90 valence electrons. The van der Waals surface area contributed by atoms with Gasteiger partial charge >= 0.3 is 0 Å². The summed E-state index contributed by atoms with van der Waals surface area (Å²) in [5.41, 5.74) is 6.94. The second-order valence-electron chi connectivity index (χ2n) is 3.67. The Bertz CT molecular complexity index is 508. The molecule has 0 fully saturated rings. The van der Waals surface area contributed by atoms with Crippen molar-refractivity contribution < 1.29 is 0 Å². The lowest BCUT2D eigenvalue weighted by Crippen LogP contribution is -2.05. The fourth-order valence-electron chi connectivity index (χ4n) is 1.40. The summed E-state index contributed by atoms with van der Waals surface area (Å²) in [6, 6.07) is 1.86. The summed E-state index contributed by atoms with van der Waals surface area (Å²) in [5, 5.41) is 4.26. The van der Waals surface area contributed by atoms with Crippen LogP contribution in [0.1, 0.15) is 19.0 Å². The van der Waals surface area contributed by atoms with Crippen molar-refractivity contribution in [2.75, 3.05) is 11.5 Å². The quantitative estimate of drug-likeness (QED) is 0.840. The highest BCUT2D eigenvalue weighted by Gasteiger charge is 2.10. The first-order chi connectivity index (χ1) is 8.22. The first kappa shape index (κ1) is 11.9. The summed E-state index contributed by atoms with van der Waals surface area (Å²) in [6.45, 7) is 4.05. The monoisotopic (exact) mass is 249 g/mol. The van der Waals surface area contributed by atoms with Gasteiger partial charge in [-0.25, -0.2) is 9.97 Å². The van der Waals surface area contributed by atoms with Crippen LogP contribution in [0.25, 0.3) is 5.82 Å². The van der Waals surface area contributed by atoms with E-state index in [1.54, 1.807) is 22.6 Å². The van der Waals surface area contributed by atoms with Crippen LogP contribution in [0.15, 0.2) is 23.5 Å². The van der Waals surface area contributed by atoms with Gasteiger partial charge < -0.3 is 5.73 Å². The summed E-state index contributed by atoms with van der Waals surface area (Å²) >= 11 is 1.72. The molecular weight excluding hydrogens is 234 g/mol. The van der Waals surface area contributed by atoms with Crippen LogP contribution in [0, 0.1) is 6.92 Å². The average Bonchev–Trinajstić information content (AvgIpc) is 2.68. The van der Waals surface area contributed by atoms with E-state index in [0.29, 0.717) is 11.6 Å². The van der Waals surface area contributed by atoms with Crippen LogP contribution in [0.4, 0.5) is 5.82 Å². The van der Waals surface area contributed by atoms with Gasteiger partial charge in [0.2, 0.25) is 0 Å². The lowest BCUT2D eigenvalue weighted by atomic mass is 10.4. The molecular formula is C11H15N5S. The molecule has 5 nitrogen and oxygen atoms in total. The van der Waals surface area contributed by atoms with Gasteiger partial charge in [0.05, 0.1) is 11.1 Å². The Labute approximate surface area is 104 Å². The number of aryl methyl sites for hydroxylation is 1. The molecule has 2 aromatic heterocycles. The summed E-state index contributed by atoms with van der Waals surface area (Å²) in [7, 11) is 0. The molecule has 0 bridgehead atoms. The summed E-state index contributed by atoms with van der Waals surface area (Å²) in [6.07, 6.45) is 4.42. The highest BCUT2D eigenvalue weighted by molar-refractivity contribution is 7.99. The lowest BCUT2D eigenvalue weighted by Gasteiger charge is -2.04. The van der Waals surface area contributed by atoms with Crippen LogP contribution in [0.5, 0.6) is 0 Å². The zero-order valence-corrected chi connectivity index (χ0v) is 10.7. The molecule has 2 heterocycles. The highest BCUT2D eigenvalue weighted by Crippen LogP contribution is 2.26. The number of thioether (sulfide) groups is 1. The fraction of sp³-hybridized carbons (Fsp3) is 0.364. The maximum absolute atomic E-state index is 6.05. The number of nitrogen functional groups attached to an aromatic ring is 1. The minimum Gasteiger partial charge on any atom is -0.383 e. The lowest BCUT2D eigenvalue weighted by molar-refractivity contribution is 0.844. The predicted molar refractivity (Wildman–Crippen MR) is 69.3 cm³/mol. The molecule has 0 aliphatic rings. The van der Waals surface area contributed by atoms with E-state index < -0.39 is 0 Å². The van der Waals surface area contributed by atoms with Crippen LogP contribution >= 0.6 is 11.8 Å². The van der Waals surface area contributed by atoms with Crippen LogP contribution < -0.4 is 5.73 Å². The largest absolute Gasteiger partial charge is 0.383 e. The van der Waals surface area contributed by atoms with Crippen molar-refractivity contribution >= 4 is 17.6 Å². The third kappa shape index (κ3) is 2.58. The van der Waals surface area contributed by atoms with E-state index in [2.05, 4.69) is 22.0 Å². The summed E-state index contributed by atoms with van der Waals surface area (Å²) in [4.78, 5) is 9.22. The Morgan fingerprint density at radius 1 is 1.41 bits per heavy atom. The van der Waals surface area contributed by atoms with Gasteiger partial charge in [0, 0.05) is 11.8 Å². The van der Waals surface area contributed by atoms with Gasteiger partial charge in [-0.05, 0) is 19.1 Å². The normalized spacial score (nSPS) is 10.7. The number of hydrogen-bond acceptors (Lipinski definition) is 5. The Balaban J connectivity index is 2.30. The Kier molecular flexibility index (Phi) is 3.63. The number of aromatic nitrogens is 4. The van der Waals surface area contributed by atoms with Crippen molar-refractivity contribution in [2.24, 2.45) is 0 Å². The zero-order chi connectivity index (χ0) is 12.3. The van der Waals surface area contributed by atoms with Crippen LogP contribution in [-0.2, 0) is 0 Å². The van der Waals surface area contributed by atoms with E-state index in [-0.39, 0.29) is 0 Å². The average molecular weight is 249 g/mol. The predicted octanol–water partition coefficient (Wildman–Crippen LogP) is 2.06. The molecule has 0 aliphatic carbocycles. The van der Waals surface area contributed by atoms with Crippen molar-refractivity contribution in [1.29, 1.82) is 0 Å². The summed E-state index contributed by atoms with van der Waals surface area (Å²) < 4.78 is 1.65.